The number of hydrogen-bond donors (Lipinski definition) is 1. The van der Waals surface area contributed by atoms with Gasteiger partial charge in [-0.15, -0.1) is 16.4 Å². The van der Waals surface area contributed by atoms with Crippen molar-refractivity contribution in [2.75, 3.05) is 17.7 Å². The summed E-state index contributed by atoms with van der Waals surface area (Å²) >= 11 is 2.88. The summed E-state index contributed by atoms with van der Waals surface area (Å²) in [5.41, 5.74) is 1.61. The number of anilines is 1. The number of fused-ring (bicyclic) bond motifs is 1. The Kier molecular flexibility index (Phi) is 5.68. The Morgan fingerprint density at radius 2 is 2.21 bits per heavy atom. The van der Waals surface area contributed by atoms with Gasteiger partial charge in [0, 0.05) is 17.5 Å². The third kappa shape index (κ3) is 3.87. The second-order valence-corrected chi connectivity index (χ2v) is 7.62. The molecule has 0 unspecified atom stereocenters. The average molecular weight is 365 g/mol. The molecule has 1 aromatic rings. The first kappa shape index (κ1) is 17.2. The molecule has 6 nitrogen and oxygen atoms in total. The van der Waals surface area contributed by atoms with Gasteiger partial charge in [0.05, 0.1) is 17.9 Å². The van der Waals surface area contributed by atoms with Crippen LogP contribution < -0.4 is 5.32 Å². The van der Waals surface area contributed by atoms with Gasteiger partial charge in [0.1, 0.15) is 10.0 Å². The highest BCUT2D eigenvalue weighted by Gasteiger charge is 2.27. The van der Waals surface area contributed by atoms with Crippen LogP contribution in [0, 0.1) is 0 Å². The summed E-state index contributed by atoms with van der Waals surface area (Å²) in [6.07, 6.45) is 6.42. The van der Waals surface area contributed by atoms with E-state index >= 15 is 0 Å². The summed E-state index contributed by atoms with van der Waals surface area (Å²) in [4.78, 5) is 25.8. The van der Waals surface area contributed by atoms with Gasteiger partial charge in [-0.25, -0.2) is 4.79 Å². The van der Waals surface area contributed by atoms with Gasteiger partial charge in [-0.3, -0.25) is 4.79 Å². The molecule has 0 saturated carbocycles. The zero-order valence-corrected chi connectivity index (χ0v) is 15.1. The molecular formula is C16H19N3O3S2. The Balaban J connectivity index is 1.72. The number of carbonyl (C=O) groups is 2. The van der Waals surface area contributed by atoms with Crippen molar-refractivity contribution in [1.82, 2.24) is 0 Å². The first-order chi connectivity index (χ1) is 11.7. The van der Waals surface area contributed by atoms with E-state index in [0.29, 0.717) is 23.6 Å². The molecule has 24 heavy (non-hydrogen) atoms. The molecule has 0 radical (unpaired) electrons. The standard InChI is InChI=1S/C16H19N3O3S2/c1-2-22-16(21)14-10-5-3-4-6-11(10)24-15(14)18-12(20)9-23-13-7-8-17-19-13/h8H,2-7,9H2,1H3,(H,18,20). The van der Waals surface area contributed by atoms with E-state index in [0.717, 1.165) is 36.3 Å². The highest BCUT2D eigenvalue weighted by atomic mass is 32.2. The number of amides is 1. The molecule has 0 spiro atoms. The van der Waals surface area contributed by atoms with Crippen LogP contribution in [0.3, 0.4) is 0 Å². The monoisotopic (exact) mass is 365 g/mol. The van der Waals surface area contributed by atoms with Crippen LogP contribution in [0.25, 0.3) is 0 Å². The van der Waals surface area contributed by atoms with Gasteiger partial charge in [0.2, 0.25) is 5.91 Å². The summed E-state index contributed by atoms with van der Waals surface area (Å²) in [6, 6.07) is 0. The first-order valence-electron chi connectivity index (χ1n) is 8.01. The molecule has 0 saturated heterocycles. The molecule has 0 fully saturated rings. The Hall–Kier alpha value is -1.67. The number of ether oxygens (including phenoxy) is 1. The predicted octanol–water partition coefficient (Wildman–Crippen LogP) is 3.26. The van der Waals surface area contributed by atoms with Crippen LogP contribution in [-0.4, -0.2) is 35.5 Å². The first-order valence-corrected chi connectivity index (χ1v) is 9.82. The molecule has 0 aromatic carbocycles. The van der Waals surface area contributed by atoms with Gasteiger partial charge in [-0.05, 0) is 38.2 Å². The Bertz CT molecular complexity index is 710. The SMILES string of the molecule is CCOC(=O)c1c(NC(=O)CSC2=NN=CC2)sc2c1CCCC2. The van der Waals surface area contributed by atoms with Crippen molar-refractivity contribution in [1.29, 1.82) is 0 Å². The van der Waals surface area contributed by atoms with E-state index in [4.69, 9.17) is 4.74 Å². The fourth-order valence-corrected chi connectivity index (χ4v) is 4.70. The lowest BCUT2D eigenvalue weighted by Gasteiger charge is -2.12. The number of nitrogens with zero attached hydrogens (tertiary/aromatic N) is 2. The van der Waals surface area contributed by atoms with Gasteiger partial charge in [0.15, 0.2) is 0 Å². The van der Waals surface area contributed by atoms with Crippen molar-refractivity contribution < 1.29 is 14.3 Å². The summed E-state index contributed by atoms with van der Waals surface area (Å²) in [5.74, 6) is -0.223. The molecule has 8 heteroatoms. The minimum absolute atomic E-state index is 0.140. The summed E-state index contributed by atoms with van der Waals surface area (Å²) in [6.45, 7) is 2.11. The largest absolute Gasteiger partial charge is 0.462 e. The zero-order valence-electron chi connectivity index (χ0n) is 13.5. The predicted molar refractivity (Wildman–Crippen MR) is 98.5 cm³/mol. The van der Waals surface area contributed by atoms with Crippen molar-refractivity contribution in [3.05, 3.63) is 16.0 Å². The van der Waals surface area contributed by atoms with Gasteiger partial charge >= 0.3 is 5.97 Å². The maximum absolute atomic E-state index is 12.3. The average Bonchev–Trinajstić information content (AvgIpc) is 3.20. The highest BCUT2D eigenvalue weighted by molar-refractivity contribution is 8.14. The Labute approximate surface area is 148 Å². The van der Waals surface area contributed by atoms with E-state index in [1.54, 1.807) is 13.1 Å². The minimum Gasteiger partial charge on any atom is -0.462 e. The normalized spacial score (nSPS) is 15.8. The summed E-state index contributed by atoms with van der Waals surface area (Å²) < 4.78 is 5.19. The third-order valence-electron chi connectivity index (χ3n) is 3.79. The van der Waals surface area contributed by atoms with Crippen molar-refractivity contribution in [3.63, 3.8) is 0 Å². The maximum Gasteiger partial charge on any atom is 0.341 e. The maximum atomic E-state index is 12.3. The second kappa shape index (κ2) is 7.94. The minimum atomic E-state index is -0.339. The topological polar surface area (TPSA) is 80.1 Å². The van der Waals surface area contributed by atoms with Crippen LogP contribution in [0.1, 0.15) is 47.0 Å². The van der Waals surface area contributed by atoms with E-state index in [1.807, 2.05) is 0 Å². The molecule has 128 valence electrons. The number of rotatable bonds is 5. The van der Waals surface area contributed by atoms with Gasteiger partial charge in [0.25, 0.3) is 0 Å². The lowest BCUT2D eigenvalue weighted by atomic mass is 9.95. The van der Waals surface area contributed by atoms with Crippen molar-refractivity contribution in [3.8, 4) is 0 Å². The molecule has 1 aromatic heterocycles. The number of esters is 1. The second-order valence-electron chi connectivity index (χ2n) is 5.47. The number of aryl methyl sites for hydroxylation is 1. The number of nitrogens with one attached hydrogen (secondary N) is 1. The Morgan fingerprint density at radius 3 is 2.96 bits per heavy atom. The molecule has 1 amide bonds. The van der Waals surface area contributed by atoms with Crippen LogP contribution in [0.5, 0.6) is 0 Å². The number of thiophene rings is 1. The highest BCUT2D eigenvalue weighted by Crippen LogP contribution is 2.38. The van der Waals surface area contributed by atoms with Crippen LogP contribution in [-0.2, 0) is 22.4 Å². The number of carbonyl (C=O) groups excluding carboxylic acids is 2. The zero-order chi connectivity index (χ0) is 16.9. The molecule has 2 heterocycles. The van der Waals surface area contributed by atoms with E-state index < -0.39 is 0 Å². The van der Waals surface area contributed by atoms with Gasteiger partial charge in [-0.1, -0.05) is 11.8 Å². The molecule has 1 aliphatic carbocycles. The van der Waals surface area contributed by atoms with E-state index in [2.05, 4.69) is 15.5 Å². The van der Waals surface area contributed by atoms with Gasteiger partial charge in [-0.2, -0.15) is 5.10 Å². The molecule has 1 N–H and O–H groups in total. The van der Waals surface area contributed by atoms with E-state index in [9.17, 15) is 9.59 Å². The summed E-state index contributed by atoms with van der Waals surface area (Å²) in [5, 5.41) is 12.1. The molecule has 1 aliphatic heterocycles. The molecule has 3 rings (SSSR count). The Morgan fingerprint density at radius 1 is 1.38 bits per heavy atom. The van der Waals surface area contributed by atoms with Crippen LogP contribution in [0.15, 0.2) is 10.2 Å². The smallest absolute Gasteiger partial charge is 0.341 e. The van der Waals surface area contributed by atoms with Crippen molar-refractivity contribution in [2.24, 2.45) is 10.2 Å². The number of hydrogen-bond acceptors (Lipinski definition) is 7. The van der Waals surface area contributed by atoms with Crippen LogP contribution in [0.4, 0.5) is 5.00 Å². The fraction of sp³-hybridized carbons (Fsp3) is 0.500. The van der Waals surface area contributed by atoms with Crippen LogP contribution in [0.2, 0.25) is 0 Å². The molecule has 0 bridgehead atoms. The fourth-order valence-electron chi connectivity index (χ4n) is 2.74. The van der Waals surface area contributed by atoms with Crippen molar-refractivity contribution >= 4 is 51.2 Å². The van der Waals surface area contributed by atoms with E-state index in [-0.39, 0.29) is 17.6 Å². The van der Waals surface area contributed by atoms with Crippen molar-refractivity contribution in [2.45, 2.75) is 39.0 Å². The van der Waals surface area contributed by atoms with Crippen LogP contribution >= 0.6 is 23.1 Å². The molecular weight excluding hydrogens is 346 g/mol. The third-order valence-corrected chi connectivity index (χ3v) is 5.99. The molecule has 2 aliphatic rings. The molecule has 0 atom stereocenters. The number of thioether (sulfide) groups is 1. The summed E-state index contributed by atoms with van der Waals surface area (Å²) in [7, 11) is 0. The quantitative estimate of drug-likeness (QED) is 0.812. The lowest BCUT2D eigenvalue weighted by Crippen LogP contribution is -2.17. The van der Waals surface area contributed by atoms with Gasteiger partial charge < -0.3 is 10.1 Å². The van der Waals surface area contributed by atoms with E-state index in [1.165, 1.54) is 28.0 Å². The lowest BCUT2D eigenvalue weighted by molar-refractivity contribution is -0.113.